The van der Waals surface area contributed by atoms with Crippen LogP contribution >= 0.6 is 0 Å². The average Bonchev–Trinajstić information content (AvgIpc) is 2.13. The number of hydrogen-bond acceptors (Lipinski definition) is 2. The second-order valence-electron chi connectivity index (χ2n) is 4.72. The number of benzene rings is 1. The average molecular weight is 247 g/mol. The molecule has 0 amide bonds. The Labute approximate surface area is 98.0 Å². The first-order valence-electron chi connectivity index (χ1n) is 5.00. The lowest BCUT2D eigenvalue weighted by atomic mass is 9.86. The fourth-order valence-electron chi connectivity index (χ4n) is 1.32. The molecule has 1 aromatic rings. The Bertz CT molecular complexity index is 392. The molecule has 0 unspecified atom stereocenters. The molecule has 0 aliphatic heterocycles. The number of hydrogen-bond donors (Lipinski definition) is 1. The summed E-state index contributed by atoms with van der Waals surface area (Å²) in [6, 6.07) is 4.06. The number of aliphatic hydroxyl groups is 1. The lowest BCUT2D eigenvalue weighted by molar-refractivity contribution is -0.274. The van der Waals surface area contributed by atoms with Gasteiger partial charge in [0.05, 0.1) is 0 Å². The summed E-state index contributed by atoms with van der Waals surface area (Å²) in [4.78, 5) is 0. The minimum atomic E-state index is -4.73. The van der Waals surface area contributed by atoms with Gasteiger partial charge in [-0.15, -0.1) is 13.2 Å². The quantitative estimate of drug-likeness (QED) is 0.862. The third kappa shape index (κ3) is 4.26. The van der Waals surface area contributed by atoms with Crippen LogP contribution in [0, 0.1) is 6.61 Å². The predicted molar refractivity (Wildman–Crippen MR) is 57.2 cm³/mol. The molecule has 2 nitrogen and oxygen atoms in total. The third-order valence-corrected chi connectivity index (χ3v) is 2.18. The van der Waals surface area contributed by atoms with Crippen LogP contribution in [0.5, 0.6) is 5.75 Å². The minimum Gasteiger partial charge on any atom is -0.406 e. The molecule has 1 N–H and O–H groups in total. The Morgan fingerprint density at radius 2 is 1.71 bits per heavy atom. The molecule has 0 aliphatic rings. The molecule has 1 rings (SSSR count). The maximum atomic E-state index is 12.1. The molecule has 0 bridgehead atoms. The maximum Gasteiger partial charge on any atom is 0.573 e. The van der Waals surface area contributed by atoms with E-state index in [1.54, 1.807) is 6.07 Å². The second kappa shape index (κ2) is 4.56. The topological polar surface area (TPSA) is 29.5 Å². The molecule has 0 aliphatic carbocycles. The molecule has 0 spiro atoms. The van der Waals surface area contributed by atoms with Crippen LogP contribution in [0.2, 0.25) is 0 Å². The van der Waals surface area contributed by atoms with Crippen molar-refractivity contribution in [2.24, 2.45) is 0 Å². The van der Waals surface area contributed by atoms with E-state index in [1.165, 1.54) is 6.07 Å². The van der Waals surface area contributed by atoms with Gasteiger partial charge in [-0.3, -0.25) is 0 Å². The Morgan fingerprint density at radius 1 is 1.12 bits per heavy atom. The van der Waals surface area contributed by atoms with Gasteiger partial charge in [0.2, 0.25) is 0 Å². The molecule has 1 radical (unpaired) electrons. The van der Waals surface area contributed by atoms with E-state index in [9.17, 15) is 13.2 Å². The van der Waals surface area contributed by atoms with Gasteiger partial charge in [-0.25, -0.2) is 0 Å². The van der Waals surface area contributed by atoms with Crippen molar-refractivity contribution < 1.29 is 23.0 Å². The van der Waals surface area contributed by atoms with Crippen molar-refractivity contribution in [3.63, 3.8) is 0 Å². The SMILES string of the molecule is CC(C)(C)c1cc([CH]O)cc(OC(F)(F)F)c1. The number of alkyl halides is 3. The van der Waals surface area contributed by atoms with Crippen LogP contribution in [0.15, 0.2) is 18.2 Å². The summed E-state index contributed by atoms with van der Waals surface area (Å²) in [6.45, 7) is 6.33. The zero-order valence-electron chi connectivity index (χ0n) is 9.80. The highest BCUT2D eigenvalue weighted by Crippen LogP contribution is 2.30. The van der Waals surface area contributed by atoms with Gasteiger partial charge in [-0.05, 0) is 28.7 Å². The highest BCUT2D eigenvalue weighted by atomic mass is 19.4. The van der Waals surface area contributed by atoms with Crippen molar-refractivity contribution in [3.8, 4) is 5.75 Å². The van der Waals surface area contributed by atoms with Gasteiger partial charge in [0.1, 0.15) is 12.4 Å². The molecule has 0 saturated carbocycles. The highest BCUT2D eigenvalue weighted by molar-refractivity contribution is 5.39. The summed E-state index contributed by atoms with van der Waals surface area (Å²) in [7, 11) is 0. The second-order valence-corrected chi connectivity index (χ2v) is 4.72. The number of aliphatic hydroxyl groups excluding tert-OH is 1. The van der Waals surface area contributed by atoms with Crippen molar-refractivity contribution in [3.05, 3.63) is 35.9 Å². The van der Waals surface area contributed by atoms with Gasteiger partial charge in [-0.2, -0.15) is 0 Å². The molecular weight excluding hydrogens is 233 g/mol. The third-order valence-electron chi connectivity index (χ3n) is 2.18. The van der Waals surface area contributed by atoms with Crippen LogP contribution in [-0.2, 0) is 5.41 Å². The van der Waals surface area contributed by atoms with Gasteiger partial charge in [-0.1, -0.05) is 26.8 Å². The van der Waals surface area contributed by atoms with Crippen molar-refractivity contribution in [2.45, 2.75) is 32.5 Å². The van der Waals surface area contributed by atoms with Crippen LogP contribution in [0.25, 0.3) is 0 Å². The van der Waals surface area contributed by atoms with Gasteiger partial charge in [0.25, 0.3) is 0 Å². The largest absolute Gasteiger partial charge is 0.573 e. The molecular formula is C12H14F3O2. The number of ether oxygens (including phenoxy) is 1. The summed E-state index contributed by atoms with van der Waals surface area (Å²) in [5.74, 6) is -0.328. The molecule has 17 heavy (non-hydrogen) atoms. The normalized spacial score (nSPS) is 12.6. The van der Waals surface area contributed by atoms with Crippen LogP contribution in [0.3, 0.4) is 0 Å². The molecule has 0 heterocycles. The monoisotopic (exact) mass is 247 g/mol. The van der Waals surface area contributed by atoms with Gasteiger partial charge in [0, 0.05) is 0 Å². The number of halogens is 3. The summed E-state index contributed by atoms with van der Waals surface area (Å²) < 4.78 is 40.2. The highest BCUT2D eigenvalue weighted by Gasteiger charge is 2.31. The lowest BCUT2D eigenvalue weighted by Crippen LogP contribution is -2.18. The fourth-order valence-corrected chi connectivity index (χ4v) is 1.32. The van der Waals surface area contributed by atoms with Crippen LogP contribution in [-0.4, -0.2) is 11.5 Å². The van der Waals surface area contributed by atoms with E-state index in [1.807, 2.05) is 20.8 Å². The van der Waals surface area contributed by atoms with Gasteiger partial charge >= 0.3 is 6.36 Å². The summed E-state index contributed by atoms with van der Waals surface area (Å²) in [5.41, 5.74) is 0.596. The summed E-state index contributed by atoms with van der Waals surface area (Å²) in [5, 5.41) is 8.89. The van der Waals surface area contributed by atoms with Crippen molar-refractivity contribution in [2.75, 3.05) is 0 Å². The lowest BCUT2D eigenvalue weighted by Gasteiger charge is -2.21. The van der Waals surface area contributed by atoms with Crippen LogP contribution < -0.4 is 4.74 Å². The zero-order valence-corrected chi connectivity index (χ0v) is 9.80. The van der Waals surface area contributed by atoms with E-state index in [0.717, 1.165) is 12.7 Å². The van der Waals surface area contributed by atoms with Crippen molar-refractivity contribution in [1.82, 2.24) is 0 Å². The molecule has 0 atom stereocenters. The molecule has 0 aromatic heterocycles. The maximum absolute atomic E-state index is 12.1. The fraction of sp³-hybridized carbons (Fsp3) is 0.417. The molecule has 1 aromatic carbocycles. The molecule has 0 saturated heterocycles. The van der Waals surface area contributed by atoms with E-state index in [2.05, 4.69) is 4.74 Å². The summed E-state index contributed by atoms with van der Waals surface area (Å²) >= 11 is 0. The molecule has 5 heteroatoms. The van der Waals surface area contributed by atoms with E-state index in [-0.39, 0.29) is 16.7 Å². The first-order valence-corrected chi connectivity index (χ1v) is 5.00. The number of rotatable bonds is 2. The Balaban J connectivity index is 3.15. The first-order chi connectivity index (χ1) is 7.62. The van der Waals surface area contributed by atoms with Crippen LogP contribution in [0.4, 0.5) is 13.2 Å². The standard InChI is InChI=1S/C12H14F3O2/c1-11(2,3)9-4-8(7-16)5-10(6-9)17-12(13,14)15/h4-7,16H,1-3H3. The van der Waals surface area contributed by atoms with Gasteiger partial charge in [0.15, 0.2) is 0 Å². The Hall–Kier alpha value is -1.23. The molecule has 0 fully saturated rings. The van der Waals surface area contributed by atoms with Crippen molar-refractivity contribution >= 4 is 0 Å². The van der Waals surface area contributed by atoms with Crippen molar-refractivity contribution in [1.29, 1.82) is 0 Å². The van der Waals surface area contributed by atoms with Gasteiger partial charge < -0.3 is 9.84 Å². The van der Waals surface area contributed by atoms with E-state index >= 15 is 0 Å². The van der Waals surface area contributed by atoms with Crippen LogP contribution in [0.1, 0.15) is 31.9 Å². The van der Waals surface area contributed by atoms with E-state index in [4.69, 9.17) is 5.11 Å². The predicted octanol–water partition coefficient (Wildman–Crippen LogP) is 3.77. The smallest absolute Gasteiger partial charge is 0.406 e. The minimum absolute atomic E-state index is 0.275. The Kier molecular flexibility index (Phi) is 3.71. The van der Waals surface area contributed by atoms with E-state index < -0.39 is 6.36 Å². The van der Waals surface area contributed by atoms with E-state index in [0.29, 0.717) is 5.56 Å². The Morgan fingerprint density at radius 3 is 2.12 bits per heavy atom. The zero-order chi connectivity index (χ0) is 13.3. The molecule has 95 valence electrons. The first kappa shape index (κ1) is 13.8. The summed E-state index contributed by atoms with van der Waals surface area (Å²) in [6.07, 6.45) is -4.73.